The highest BCUT2D eigenvalue weighted by molar-refractivity contribution is 6.29. The maximum atomic E-state index is 11.2. The van der Waals surface area contributed by atoms with Gasteiger partial charge >= 0.3 is 0 Å². The van der Waals surface area contributed by atoms with Gasteiger partial charge in [0, 0.05) is 32.9 Å². The van der Waals surface area contributed by atoms with Crippen LogP contribution in [0.25, 0.3) is 0 Å². The van der Waals surface area contributed by atoms with E-state index in [1.165, 1.54) is 18.1 Å². The first kappa shape index (κ1) is 75.4. The van der Waals surface area contributed by atoms with Crippen LogP contribution in [0.4, 0.5) is 0 Å². The number of halogens is 2. The third-order valence-corrected chi connectivity index (χ3v) is 17.2. The van der Waals surface area contributed by atoms with Crippen LogP contribution < -0.4 is 14.2 Å². The third-order valence-electron chi connectivity index (χ3n) is 16.2. The molecular weight excluding hydrogens is 1270 g/mol. The van der Waals surface area contributed by atoms with Crippen molar-refractivity contribution in [1.29, 1.82) is 5.26 Å². The van der Waals surface area contributed by atoms with Crippen molar-refractivity contribution in [3.05, 3.63) is 317 Å². The smallest absolute Gasteiger partial charge is 0.184 e. The fourth-order valence-corrected chi connectivity index (χ4v) is 11.5. The maximum Gasteiger partial charge on any atom is 0.184 e. The molecule has 0 radical (unpaired) electrons. The minimum atomic E-state index is -1.17. The summed E-state index contributed by atoms with van der Waals surface area (Å²) in [7, 11) is 2.01. The maximum absolute atomic E-state index is 11.2. The number of benzene rings is 9. The summed E-state index contributed by atoms with van der Waals surface area (Å²) in [5.74, 6) is 1.90. The Kier molecular flexibility index (Phi) is 32.7. The molecule has 0 bridgehead atoms. The molecule has 2 aliphatic heterocycles. The monoisotopic (exact) mass is 1360 g/mol. The normalized spacial score (nSPS) is 20.0. The van der Waals surface area contributed by atoms with Crippen molar-refractivity contribution in [2.24, 2.45) is 11.8 Å². The summed E-state index contributed by atoms with van der Waals surface area (Å²) in [6.45, 7) is 11.9. The fraction of sp³-hybridized carbons (Fsp3) is 0.313. The Hall–Kier alpha value is -8.33. The average Bonchev–Trinajstić information content (AvgIpc) is 0.804. The van der Waals surface area contributed by atoms with Crippen LogP contribution in [0.15, 0.2) is 278 Å². The predicted molar refractivity (Wildman–Crippen MR) is 387 cm³/mol. The van der Waals surface area contributed by atoms with Crippen molar-refractivity contribution in [3.8, 4) is 23.3 Å². The van der Waals surface area contributed by atoms with E-state index in [0.717, 1.165) is 62.3 Å². The van der Waals surface area contributed by atoms with E-state index < -0.39 is 36.3 Å². The van der Waals surface area contributed by atoms with Crippen molar-refractivity contribution in [3.63, 3.8) is 0 Å². The lowest BCUT2D eigenvalue weighted by Crippen LogP contribution is -2.58. The van der Waals surface area contributed by atoms with Gasteiger partial charge in [0.25, 0.3) is 0 Å². The third kappa shape index (κ3) is 25.8. The van der Waals surface area contributed by atoms with Gasteiger partial charge in [-0.15, -0.1) is 0 Å². The Morgan fingerprint density at radius 2 is 0.796 bits per heavy atom. The molecule has 9 aromatic carbocycles. The number of para-hydroxylation sites is 3. The summed E-state index contributed by atoms with van der Waals surface area (Å²) in [6.07, 6.45) is -3.45. The SMILES string of the molecule is CC#N.CC(C)=C(Cl)N(C)Cc1ccc(C)cc1.ClC1O[C@H](COCc2ccccc2)[C@@H](COc2ccccc2)[C@H](OCc2ccccc2)[C@H]1OCc1ccccc1.OC1O[C@H](CCOc2ccccc2)[C@@H](COc2ccccc2)[C@H](OCc2ccccc2)[C@H]1OCc1ccccc1. The van der Waals surface area contributed by atoms with Crippen LogP contribution in [0, 0.1) is 30.1 Å². The van der Waals surface area contributed by atoms with Gasteiger partial charge in [-0.3, -0.25) is 0 Å². The zero-order chi connectivity index (χ0) is 68.9. The van der Waals surface area contributed by atoms with Crippen molar-refractivity contribution >= 4 is 23.2 Å². The van der Waals surface area contributed by atoms with Crippen molar-refractivity contribution < 1.29 is 52.5 Å². The largest absolute Gasteiger partial charge is 0.493 e. The fourth-order valence-electron chi connectivity index (χ4n) is 11.1. The Bertz CT molecular complexity index is 3440. The van der Waals surface area contributed by atoms with Crippen LogP contribution in [0.5, 0.6) is 17.2 Å². The van der Waals surface area contributed by atoms with E-state index in [-0.39, 0.29) is 24.0 Å². The summed E-state index contributed by atoms with van der Waals surface area (Å²) in [4.78, 5) is 2.06. The lowest BCUT2D eigenvalue weighted by molar-refractivity contribution is -0.295. The number of ether oxygens (including phenoxy) is 10. The van der Waals surface area contributed by atoms with Crippen LogP contribution in [-0.2, 0) is 72.7 Å². The minimum Gasteiger partial charge on any atom is -0.493 e. The van der Waals surface area contributed by atoms with Crippen LogP contribution in [0.2, 0.25) is 0 Å². The molecule has 11 rings (SSSR count). The number of aliphatic hydroxyl groups excluding tert-OH is 1. The summed E-state index contributed by atoms with van der Waals surface area (Å²) in [6, 6.07) is 89.5. The molecule has 2 saturated heterocycles. The number of nitrogens with zero attached hydrogens (tertiary/aromatic N) is 2. The summed E-state index contributed by atoms with van der Waals surface area (Å²) < 4.78 is 63.0. The van der Waals surface area contributed by atoms with E-state index in [1.54, 1.807) is 6.07 Å². The van der Waals surface area contributed by atoms with Gasteiger partial charge in [0.05, 0.1) is 95.9 Å². The Balaban J connectivity index is 0.000000201. The highest BCUT2D eigenvalue weighted by Gasteiger charge is 2.49. The number of allylic oxidation sites excluding steroid dienone is 1. The number of hydrogen-bond donors (Lipinski definition) is 1. The Morgan fingerprint density at radius 3 is 1.20 bits per heavy atom. The predicted octanol–water partition coefficient (Wildman–Crippen LogP) is 17.5. The molecular formula is C83H92Cl2N2O11. The molecule has 13 nitrogen and oxygen atoms in total. The van der Waals surface area contributed by atoms with Crippen LogP contribution in [-0.4, -0.2) is 92.0 Å². The van der Waals surface area contributed by atoms with Crippen molar-refractivity contribution in [2.75, 3.05) is 33.5 Å². The molecule has 2 heterocycles. The van der Waals surface area contributed by atoms with Crippen LogP contribution >= 0.6 is 23.2 Å². The Labute approximate surface area is 589 Å². The first-order valence-electron chi connectivity index (χ1n) is 33.2. The van der Waals surface area contributed by atoms with Gasteiger partial charge in [-0.25, -0.2) is 0 Å². The van der Waals surface area contributed by atoms with Crippen LogP contribution in [0.3, 0.4) is 0 Å². The molecule has 2 unspecified atom stereocenters. The molecule has 1 N–H and O–H groups in total. The van der Waals surface area contributed by atoms with Gasteiger partial charge in [-0.2, -0.15) is 5.26 Å². The number of nitriles is 1. The Morgan fingerprint density at radius 1 is 0.449 bits per heavy atom. The first-order chi connectivity index (χ1) is 47.9. The molecule has 0 aliphatic carbocycles. The van der Waals surface area contributed by atoms with E-state index in [9.17, 15) is 5.11 Å². The zero-order valence-electron chi connectivity index (χ0n) is 56.6. The minimum absolute atomic E-state index is 0.199. The van der Waals surface area contributed by atoms with Gasteiger partial charge in [0.15, 0.2) is 11.9 Å². The summed E-state index contributed by atoms with van der Waals surface area (Å²) >= 11 is 13.0. The highest BCUT2D eigenvalue weighted by atomic mass is 35.5. The van der Waals surface area contributed by atoms with E-state index in [2.05, 4.69) is 36.1 Å². The lowest BCUT2D eigenvalue weighted by Gasteiger charge is -2.44. The van der Waals surface area contributed by atoms with Gasteiger partial charge in [0.2, 0.25) is 0 Å². The van der Waals surface area contributed by atoms with Gasteiger partial charge < -0.3 is 57.4 Å². The lowest BCUT2D eigenvalue weighted by atomic mass is 9.87. The number of aliphatic hydroxyl groups is 1. The molecule has 9 aromatic rings. The molecule has 0 amide bonds. The molecule has 0 aromatic heterocycles. The quantitative estimate of drug-likeness (QED) is 0.0352. The van der Waals surface area contributed by atoms with E-state index in [0.29, 0.717) is 65.9 Å². The van der Waals surface area contributed by atoms with Gasteiger partial charge in [-0.05, 0) is 96.1 Å². The molecule has 0 spiro atoms. The molecule has 2 aliphatic rings. The van der Waals surface area contributed by atoms with Crippen molar-refractivity contribution in [2.45, 2.75) is 122 Å². The van der Waals surface area contributed by atoms with Gasteiger partial charge in [0.1, 0.15) is 34.6 Å². The first-order valence-corrected chi connectivity index (χ1v) is 34.1. The number of rotatable bonds is 29. The molecule has 0 saturated carbocycles. The zero-order valence-corrected chi connectivity index (χ0v) is 58.1. The van der Waals surface area contributed by atoms with E-state index in [4.69, 9.17) is 75.8 Å². The number of aryl methyl sites for hydroxylation is 1. The molecule has 98 heavy (non-hydrogen) atoms. The highest BCUT2D eigenvalue weighted by Crippen LogP contribution is 2.36. The van der Waals surface area contributed by atoms with Crippen molar-refractivity contribution in [1.82, 2.24) is 4.90 Å². The van der Waals surface area contributed by atoms with E-state index >= 15 is 0 Å². The second-order valence-corrected chi connectivity index (χ2v) is 24.8. The molecule has 10 atom stereocenters. The number of alkyl halides is 1. The van der Waals surface area contributed by atoms with E-state index in [1.807, 2.05) is 264 Å². The second-order valence-electron chi connectivity index (χ2n) is 24.0. The average molecular weight is 1360 g/mol. The topological polar surface area (TPSA) is 140 Å². The number of hydrogen-bond acceptors (Lipinski definition) is 13. The molecule has 2 fully saturated rings. The van der Waals surface area contributed by atoms with Gasteiger partial charge in [-0.1, -0.05) is 259 Å². The van der Waals surface area contributed by atoms with Crippen LogP contribution in [0.1, 0.15) is 66.1 Å². The summed E-state index contributed by atoms with van der Waals surface area (Å²) in [5.41, 5.74) is 8.26. The molecule has 514 valence electrons. The molecule has 15 heteroatoms. The standard InChI is InChI=1S/C34H35ClO5.C34H36O6.C13H18ClN.C2H3N/c35-34-33(39-23-28-17-9-3-10-18-28)32(38-22-27-15-7-2-8-16-27)30(24-37-29-19-11-4-12-20-29)31(40-34)25-36-21-26-13-5-1-6-14-26;35-34-33(39-24-27-15-7-2-8-16-27)32(38-23-26-13-5-1-6-14-26)30(25-37-29-19-11-4-12-20-29)31(40-34)21-22-36-28-17-9-3-10-18-28;1-10(2)13(14)15(4)9-12-7-5-11(3)6-8-12;1-2-3/h1-20,30-34H,21-25H2;1-20,30-35H,21-25H2;5-8H,9H2,1-4H3;1H3/t2*30-,31-,32+,33-,34?;;/m11../s1. The second kappa shape index (κ2) is 42.5. The summed E-state index contributed by atoms with van der Waals surface area (Å²) in [5, 5.41) is 19.3.